The molecule has 2 rings (SSSR count). The van der Waals surface area contributed by atoms with Crippen LogP contribution < -0.4 is 9.47 Å². The number of halogens is 1. The van der Waals surface area contributed by atoms with Gasteiger partial charge in [0.15, 0.2) is 11.5 Å². The van der Waals surface area contributed by atoms with Gasteiger partial charge in [-0.25, -0.2) is 0 Å². The van der Waals surface area contributed by atoms with Crippen LogP contribution in [0.1, 0.15) is 18.1 Å². The number of esters is 1. The summed E-state index contributed by atoms with van der Waals surface area (Å²) in [5, 5.41) is 0.712. The molecule has 0 radical (unpaired) electrons. The van der Waals surface area contributed by atoms with Gasteiger partial charge in [-0.1, -0.05) is 29.8 Å². The molecule has 20 heavy (non-hydrogen) atoms. The van der Waals surface area contributed by atoms with Gasteiger partial charge in [0.05, 0.1) is 7.11 Å². The van der Waals surface area contributed by atoms with Crippen LogP contribution in [0.3, 0.4) is 0 Å². The molecule has 0 aromatic heterocycles. The molecule has 0 aliphatic rings. The first-order chi connectivity index (χ1) is 9.58. The van der Waals surface area contributed by atoms with E-state index in [2.05, 4.69) is 0 Å². The van der Waals surface area contributed by atoms with E-state index in [1.54, 1.807) is 13.2 Å². The van der Waals surface area contributed by atoms with E-state index in [1.807, 2.05) is 36.4 Å². The van der Waals surface area contributed by atoms with Gasteiger partial charge in [0.25, 0.3) is 0 Å². The van der Waals surface area contributed by atoms with Gasteiger partial charge in [-0.2, -0.15) is 0 Å². The third-order valence-corrected chi connectivity index (χ3v) is 3.06. The molecule has 0 N–H and O–H groups in total. The first-order valence-corrected chi connectivity index (χ1v) is 6.56. The number of carbonyl (C=O) groups is 1. The van der Waals surface area contributed by atoms with Crippen molar-refractivity contribution in [2.45, 2.75) is 13.3 Å². The van der Waals surface area contributed by atoms with Crippen LogP contribution in [0.5, 0.6) is 11.5 Å². The second kappa shape index (κ2) is 6.44. The maximum Gasteiger partial charge on any atom is 0.308 e. The Morgan fingerprint density at radius 1 is 1.05 bits per heavy atom. The number of methoxy groups -OCH3 is 1. The van der Waals surface area contributed by atoms with Crippen molar-refractivity contribution in [3.05, 3.63) is 58.6 Å². The molecule has 3 nitrogen and oxygen atoms in total. The maximum atomic E-state index is 11.1. The van der Waals surface area contributed by atoms with E-state index < -0.39 is 0 Å². The third-order valence-electron chi connectivity index (χ3n) is 2.80. The van der Waals surface area contributed by atoms with Crippen molar-refractivity contribution in [3.63, 3.8) is 0 Å². The van der Waals surface area contributed by atoms with Crippen molar-refractivity contribution < 1.29 is 14.3 Å². The highest BCUT2D eigenvalue weighted by Gasteiger charge is 2.08. The highest BCUT2D eigenvalue weighted by atomic mass is 35.5. The van der Waals surface area contributed by atoms with Crippen molar-refractivity contribution in [2.75, 3.05) is 7.11 Å². The zero-order valence-corrected chi connectivity index (χ0v) is 12.1. The first kappa shape index (κ1) is 14.4. The van der Waals surface area contributed by atoms with Crippen LogP contribution in [0, 0.1) is 0 Å². The van der Waals surface area contributed by atoms with Crippen molar-refractivity contribution in [1.82, 2.24) is 0 Å². The normalized spacial score (nSPS) is 10.2. The molecule has 0 atom stereocenters. The first-order valence-electron chi connectivity index (χ1n) is 6.18. The van der Waals surface area contributed by atoms with Crippen molar-refractivity contribution in [3.8, 4) is 11.5 Å². The Balaban J connectivity index is 2.23. The molecule has 0 amide bonds. The predicted octanol–water partition coefficient (Wildman–Crippen LogP) is 3.86. The quantitative estimate of drug-likeness (QED) is 0.633. The van der Waals surface area contributed by atoms with Crippen molar-refractivity contribution in [2.24, 2.45) is 0 Å². The van der Waals surface area contributed by atoms with E-state index in [0.29, 0.717) is 16.5 Å². The van der Waals surface area contributed by atoms with Gasteiger partial charge < -0.3 is 9.47 Å². The summed E-state index contributed by atoms with van der Waals surface area (Å²) in [6.07, 6.45) is 0.732. The lowest BCUT2D eigenvalue weighted by atomic mass is 10.0. The average molecular weight is 291 g/mol. The van der Waals surface area contributed by atoms with Gasteiger partial charge in [0.1, 0.15) is 0 Å². The van der Waals surface area contributed by atoms with Gasteiger partial charge in [-0.05, 0) is 41.8 Å². The van der Waals surface area contributed by atoms with Crippen LogP contribution in [-0.2, 0) is 11.2 Å². The summed E-state index contributed by atoms with van der Waals surface area (Å²) in [6.45, 7) is 1.37. The lowest BCUT2D eigenvalue weighted by molar-refractivity contribution is -0.132. The summed E-state index contributed by atoms with van der Waals surface area (Å²) in [4.78, 5) is 11.1. The van der Waals surface area contributed by atoms with Gasteiger partial charge >= 0.3 is 5.97 Å². The molecule has 0 spiro atoms. The van der Waals surface area contributed by atoms with Crippen LogP contribution in [-0.4, -0.2) is 13.1 Å². The van der Waals surface area contributed by atoms with E-state index in [-0.39, 0.29) is 5.97 Å². The fourth-order valence-corrected chi connectivity index (χ4v) is 2.03. The van der Waals surface area contributed by atoms with Crippen LogP contribution in [0.25, 0.3) is 0 Å². The fraction of sp³-hybridized carbons (Fsp3) is 0.188. The molecule has 0 saturated carbocycles. The molecule has 0 aliphatic carbocycles. The lowest BCUT2D eigenvalue weighted by Crippen LogP contribution is -2.03. The minimum atomic E-state index is -0.369. The van der Waals surface area contributed by atoms with E-state index in [0.717, 1.165) is 17.5 Å². The largest absolute Gasteiger partial charge is 0.493 e. The highest BCUT2D eigenvalue weighted by molar-refractivity contribution is 6.30. The Labute approximate surface area is 123 Å². The average Bonchev–Trinajstić information content (AvgIpc) is 2.41. The molecular formula is C16H15ClO3. The van der Waals surface area contributed by atoms with E-state index in [1.165, 1.54) is 6.92 Å². The smallest absolute Gasteiger partial charge is 0.308 e. The molecule has 2 aromatic carbocycles. The van der Waals surface area contributed by atoms with Crippen LogP contribution in [0.2, 0.25) is 5.02 Å². The topological polar surface area (TPSA) is 35.5 Å². The van der Waals surface area contributed by atoms with Crippen molar-refractivity contribution in [1.29, 1.82) is 0 Å². The third kappa shape index (κ3) is 3.75. The van der Waals surface area contributed by atoms with E-state index >= 15 is 0 Å². The number of rotatable bonds is 4. The fourth-order valence-electron chi connectivity index (χ4n) is 1.90. The molecule has 0 unspecified atom stereocenters. The van der Waals surface area contributed by atoms with Crippen molar-refractivity contribution >= 4 is 17.6 Å². The summed E-state index contributed by atoms with van der Waals surface area (Å²) in [7, 11) is 1.54. The Hall–Kier alpha value is -2.00. The SMILES string of the molecule is COc1ccc(Cc2ccc(Cl)cc2)cc1OC(C)=O. The number of benzene rings is 2. The Morgan fingerprint density at radius 2 is 1.70 bits per heavy atom. The number of ether oxygens (including phenoxy) is 2. The van der Waals surface area contributed by atoms with Crippen LogP contribution >= 0.6 is 11.6 Å². The second-order valence-corrected chi connectivity index (χ2v) is 4.82. The van der Waals surface area contributed by atoms with Gasteiger partial charge in [-0.3, -0.25) is 4.79 Å². The molecule has 0 bridgehead atoms. The van der Waals surface area contributed by atoms with Crippen LogP contribution in [0.4, 0.5) is 0 Å². The molecule has 2 aromatic rings. The molecule has 0 aliphatic heterocycles. The zero-order valence-electron chi connectivity index (χ0n) is 11.4. The minimum Gasteiger partial charge on any atom is -0.493 e. The van der Waals surface area contributed by atoms with Gasteiger partial charge in [0.2, 0.25) is 0 Å². The molecule has 0 fully saturated rings. The van der Waals surface area contributed by atoms with E-state index in [4.69, 9.17) is 21.1 Å². The Kier molecular flexibility index (Phi) is 4.64. The summed E-state index contributed by atoms with van der Waals surface area (Å²) in [5.41, 5.74) is 2.16. The molecule has 0 saturated heterocycles. The summed E-state index contributed by atoms with van der Waals surface area (Å²) < 4.78 is 10.3. The maximum absolute atomic E-state index is 11.1. The van der Waals surface area contributed by atoms with E-state index in [9.17, 15) is 4.79 Å². The highest BCUT2D eigenvalue weighted by Crippen LogP contribution is 2.29. The minimum absolute atomic E-state index is 0.369. The summed E-state index contributed by atoms with van der Waals surface area (Å²) >= 11 is 5.86. The predicted molar refractivity (Wildman–Crippen MR) is 78.6 cm³/mol. The van der Waals surface area contributed by atoms with Crippen LogP contribution in [0.15, 0.2) is 42.5 Å². The monoisotopic (exact) mass is 290 g/mol. The second-order valence-electron chi connectivity index (χ2n) is 4.38. The standard InChI is InChI=1S/C16H15ClO3/c1-11(18)20-16-10-13(5-8-15(16)19-2)9-12-3-6-14(17)7-4-12/h3-8,10H,9H2,1-2H3. The number of hydrogen-bond acceptors (Lipinski definition) is 3. The molecule has 4 heteroatoms. The van der Waals surface area contributed by atoms with Gasteiger partial charge in [0, 0.05) is 11.9 Å². The molecule has 0 heterocycles. The molecular weight excluding hydrogens is 276 g/mol. The van der Waals surface area contributed by atoms with Gasteiger partial charge in [-0.15, -0.1) is 0 Å². The number of carbonyl (C=O) groups excluding carboxylic acids is 1. The Bertz CT molecular complexity index is 606. The summed E-state index contributed by atoms with van der Waals surface area (Å²) in [5.74, 6) is 0.610. The zero-order chi connectivity index (χ0) is 14.5. The molecule has 104 valence electrons. The lowest BCUT2D eigenvalue weighted by Gasteiger charge is -2.10. The Morgan fingerprint density at radius 3 is 2.30 bits per heavy atom. The number of hydrogen-bond donors (Lipinski definition) is 0. The summed E-state index contributed by atoms with van der Waals surface area (Å²) in [6, 6.07) is 13.2.